The first-order chi connectivity index (χ1) is 17.2. The molecule has 0 spiro atoms. The van der Waals surface area contributed by atoms with Gasteiger partial charge in [-0.15, -0.1) is 6.58 Å². The topological polar surface area (TPSA) is 84.9 Å². The summed E-state index contributed by atoms with van der Waals surface area (Å²) in [6.07, 6.45) is 8.39. The highest BCUT2D eigenvalue weighted by atomic mass is 16.5. The summed E-state index contributed by atoms with van der Waals surface area (Å²) in [6.45, 7) is 8.66. The highest BCUT2D eigenvalue weighted by molar-refractivity contribution is 6.12. The third kappa shape index (κ3) is 3.37. The van der Waals surface area contributed by atoms with E-state index in [0.29, 0.717) is 30.1 Å². The molecule has 1 aromatic rings. The Morgan fingerprint density at radius 2 is 1.89 bits per heavy atom. The average molecular weight is 492 g/mol. The minimum Gasteiger partial charge on any atom is -0.490 e. The summed E-state index contributed by atoms with van der Waals surface area (Å²) in [5.41, 5.74) is -2.38. The lowest BCUT2D eigenvalue weighted by atomic mass is 9.64. The molecule has 1 saturated heterocycles. The van der Waals surface area contributed by atoms with Crippen molar-refractivity contribution in [2.45, 2.75) is 57.0 Å². The zero-order valence-corrected chi connectivity index (χ0v) is 21.4. The number of ketones is 1. The number of ether oxygens (including phenoxy) is 2. The van der Waals surface area contributed by atoms with E-state index in [1.807, 2.05) is 24.3 Å². The van der Waals surface area contributed by atoms with Crippen LogP contribution in [0.1, 0.15) is 38.7 Å². The molecule has 0 aromatic heterocycles. The largest absolute Gasteiger partial charge is 0.490 e. The van der Waals surface area contributed by atoms with Crippen LogP contribution in [-0.2, 0) is 20.7 Å². The van der Waals surface area contributed by atoms with Crippen molar-refractivity contribution in [3.8, 4) is 5.75 Å². The Bertz CT molecular complexity index is 1110. The Kier molecular flexibility index (Phi) is 5.51. The van der Waals surface area contributed by atoms with Crippen molar-refractivity contribution in [3.05, 3.63) is 54.6 Å². The van der Waals surface area contributed by atoms with Crippen LogP contribution in [0.15, 0.2) is 49.1 Å². The van der Waals surface area contributed by atoms with Gasteiger partial charge in [0.15, 0.2) is 5.78 Å². The van der Waals surface area contributed by atoms with Crippen LogP contribution in [0.25, 0.3) is 0 Å². The Morgan fingerprint density at radius 1 is 1.14 bits per heavy atom. The van der Waals surface area contributed by atoms with E-state index < -0.39 is 28.9 Å². The number of methoxy groups -OCH3 is 1. The Hall–Kier alpha value is -2.44. The fourth-order valence-corrected chi connectivity index (χ4v) is 8.55. The summed E-state index contributed by atoms with van der Waals surface area (Å²) in [7, 11) is 1.51. The Balaban J connectivity index is 1.53. The van der Waals surface area contributed by atoms with Crippen molar-refractivity contribution in [1.82, 2.24) is 5.32 Å². The molecule has 4 bridgehead atoms. The van der Waals surface area contributed by atoms with E-state index in [9.17, 15) is 14.7 Å². The van der Waals surface area contributed by atoms with Gasteiger partial charge in [-0.25, -0.2) is 0 Å². The van der Waals surface area contributed by atoms with Crippen LogP contribution in [-0.4, -0.2) is 41.3 Å². The molecule has 3 fully saturated rings. The van der Waals surface area contributed by atoms with Crippen LogP contribution in [0.5, 0.6) is 5.75 Å². The number of hydrogen-bond donors (Lipinski definition) is 2. The van der Waals surface area contributed by atoms with Gasteiger partial charge in [-0.1, -0.05) is 44.2 Å². The summed E-state index contributed by atoms with van der Waals surface area (Å²) in [4.78, 5) is 27.7. The lowest BCUT2D eigenvalue weighted by Gasteiger charge is -2.40. The van der Waals surface area contributed by atoms with Crippen molar-refractivity contribution in [3.63, 3.8) is 0 Å². The minimum atomic E-state index is -2.16. The molecule has 3 aliphatic carbocycles. The van der Waals surface area contributed by atoms with E-state index in [-0.39, 0.29) is 30.3 Å². The Morgan fingerprint density at radius 3 is 2.58 bits per heavy atom. The molecule has 3 heterocycles. The molecule has 2 saturated carbocycles. The first-order valence-electron chi connectivity index (χ1n) is 13.4. The molecular weight excluding hydrogens is 454 g/mol. The van der Waals surface area contributed by atoms with Gasteiger partial charge in [0, 0.05) is 43.6 Å². The van der Waals surface area contributed by atoms with Crippen LogP contribution in [0.3, 0.4) is 0 Å². The predicted octanol–water partition coefficient (Wildman–Crippen LogP) is 3.69. The second-order valence-electron chi connectivity index (χ2n) is 12.1. The first kappa shape index (κ1) is 23.9. The van der Waals surface area contributed by atoms with Crippen molar-refractivity contribution in [2.75, 3.05) is 7.11 Å². The number of amides is 1. The summed E-state index contributed by atoms with van der Waals surface area (Å²) < 4.78 is 12.6. The number of aliphatic hydroxyl groups is 1. The van der Waals surface area contributed by atoms with E-state index in [1.54, 1.807) is 6.08 Å². The molecule has 6 heteroatoms. The first-order valence-corrected chi connectivity index (χ1v) is 13.4. The zero-order chi connectivity index (χ0) is 25.4. The van der Waals surface area contributed by atoms with Crippen molar-refractivity contribution >= 4 is 11.7 Å². The Labute approximate surface area is 213 Å². The molecule has 6 aliphatic rings. The molecule has 11 atom stereocenters. The van der Waals surface area contributed by atoms with Crippen molar-refractivity contribution in [1.29, 1.82) is 0 Å². The molecule has 3 aliphatic heterocycles. The number of carbonyl (C=O) groups excluding carboxylic acids is 2. The molecular formula is C30H37NO5. The molecule has 1 amide bonds. The van der Waals surface area contributed by atoms with E-state index in [4.69, 9.17) is 9.47 Å². The summed E-state index contributed by atoms with van der Waals surface area (Å²) >= 11 is 0. The normalized spacial score (nSPS) is 47.1. The van der Waals surface area contributed by atoms with Gasteiger partial charge in [-0.3, -0.25) is 9.59 Å². The lowest BCUT2D eigenvalue weighted by molar-refractivity contribution is -0.155. The maximum Gasteiger partial charge on any atom is 0.262 e. The van der Waals surface area contributed by atoms with Gasteiger partial charge in [0.25, 0.3) is 5.91 Å². The maximum absolute atomic E-state index is 14.4. The molecule has 2 N–H and O–H groups in total. The standard InChI is InChI=1S/C30H37NO5/c1-5-19-8-11-21-22-13-16(2)12-17(3)23(22)26-25(21)24(19)27(32)30(34)15-29(35-4,31-28(30)33)14-18-6-9-20(36-26)10-7-18/h5-11,16-17,19,21-26,34H,1,12-15H2,2-4H3,(H,31,33)/t16-,17+,19-,21-,22+,23-,24-,25+,26-,29-,30-/m1/s1. The lowest BCUT2D eigenvalue weighted by Crippen LogP contribution is -2.54. The van der Waals surface area contributed by atoms with Crippen LogP contribution in [0, 0.1) is 47.3 Å². The smallest absolute Gasteiger partial charge is 0.262 e. The molecule has 0 unspecified atom stereocenters. The second-order valence-corrected chi connectivity index (χ2v) is 12.1. The third-order valence-corrected chi connectivity index (χ3v) is 10.00. The molecule has 6 nitrogen and oxygen atoms in total. The van der Waals surface area contributed by atoms with Crippen LogP contribution < -0.4 is 10.1 Å². The SMILES string of the molecule is C=C[C@@H]1C=C[C@@H]2[C@@H]3C[C@H](C)C[C@H](C)[C@H]3[C@H]3Oc4ccc(cc4)C[C@@]4(OC)C[C@](O)(C(=O)N4)C(=O)[C@H]1[C@H]23. The third-order valence-electron chi connectivity index (χ3n) is 10.00. The number of rotatable bonds is 2. The van der Waals surface area contributed by atoms with Gasteiger partial charge in [-0.2, -0.15) is 0 Å². The van der Waals surface area contributed by atoms with Gasteiger partial charge in [0.2, 0.25) is 5.60 Å². The van der Waals surface area contributed by atoms with E-state index >= 15 is 0 Å². The number of benzene rings is 1. The molecule has 192 valence electrons. The predicted molar refractivity (Wildman–Crippen MR) is 135 cm³/mol. The van der Waals surface area contributed by atoms with Crippen molar-refractivity contribution in [2.24, 2.45) is 47.3 Å². The van der Waals surface area contributed by atoms with Gasteiger partial charge >= 0.3 is 0 Å². The summed E-state index contributed by atoms with van der Waals surface area (Å²) in [6, 6.07) is 7.94. The van der Waals surface area contributed by atoms with E-state index in [1.165, 1.54) is 7.11 Å². The highest BCUT2D eigenvalue weighted by Crippen LogP contribution is 2.59. The second kappa shape index (κ2) is 8.29. The number of fused-ring (bicyclic) bond motifs is 4. The number of nitrogens with one attached hydrogen (secondary N) is 1. The monoisotopic (exact) mass is 491 g/mol. The van der Waals surface area contributed by atoms with Gasteiger partial charge in [0.05, 0.1) is 0 Å². The number of hydrogen-bond acceptors (Lipinski definition) is 5. The fourth-order valence-electron chi connectivity index (χ4n) is 8.55. The zero-order valence-electron chi connectivity index (χ0n) is 21.4. The number of allylic oxidation sites excluding steroid dienone is 3. The number of Topliss-reactive ketones (excluding diaryl/α,β-unsaturated/α-hetero) is 1. The number of carbonyl (C=O) groups is 2. The van der Waals surface area contributed by atoms with E-state index in [0.717, 1.165) is 24.2 Å². The molecule has 36 heavy (non-hydrogen) atoms. The minimum absolute atomic E-state index is 0.122. The maximum atomic E-state index is 14.4. The van der Waals surface area contributed by atoms with Crippen LogP contribution in [0.2, 0.25) is 0 Å². The van der Waals surface area contributed by atoms with E-state index in [2.05, 4.69) is 37.9 Å². The average Bonchev–Trinajstić information content (AvgIpc) is 3.31. The van der Waals surface area contributed by atoms with Crippen molar-refractivity contribution < 1.29 is 24.2 Å². The molecule has 0 radical (unpaired) electrons. The van der Waals surface area contributed by atoms with Gasteiger partial charge in [-0.05, 0) is 54.2 Å². The quantitative estimate of drug-likeness (QED) is 0.487. The summed E-state index contributed by atoms with van der Waals surface area (Å²) in [5, 5.41) is 14.6. The van der Waals surface area contributed by atoms with Gasteiger partial charge < -0.3 is 19.9 Å². The molecule has 1 aromatic carbocycles. The van der Waals surface area contributed by atoms with Crippen LogP contribution >= 0.6 is 0 Å². The van der Waals surface area contributed by atoms with Crippen LogP contribution in [0.4, 0.5) is 0 Å². The van der Waals surface area contributed by atoms with Gasteiger partial charge in [0.1, 0.15) is 17.6 Å². The summed E-state index contributed by atoms with van der Waals surface area (Å²) in [5.74, 6) is 0.573. The molecule has 7 rings (SSSR count). The highest BCUT2D eigenvalue weighted by Gasteiger charge is 2.65. The fraction of sp³-hybridized carbons (Fsp3) is 0.600.